The van der Waals surface area contributed by atoms with Crippen molar-refractivity contribution in [2.45, 2.75) is 30.8 Å². The predicted molar refractivity (Wildman–Crippen MR) is 86.9 cm³/mol. The molecule has 2 heterocycles. The zero-order valence-electron chi connectivity index (χ0n) is 9.60. The van der Waals surface area contributed by atoms with Crippen molar-refractivity contribution in [1.29, 1.82) is 0 Å². The maximum absolute atomic E-state index is 11.6. The molecule has 0 aromatic carbocycles. The molecular formula is C10H14I2N2O2S. The quantitative estimate of drug-likeness (QED) is 0.380. The molecule has 1 aromatic rings. The number of fused-ring (bicyclic) bond motifs is 1. The lowest BCUT2D eigenvalue weighted by molar-refractivity contribution is 0.0518. The SMILES string of the molecule is CCOC(=O)c1nc2n(c1C)CC(CI)S2.I. The van der Waals surface area contributed by atoms with Gasteiger partial charge in [-0.1, -0.05) is 34.4 Å². The van der Waals surface area contributed by atoms with Gasteiger partial charge in [0.1, 0.15) is 0 Å². The fraction of sp³-hybridized carbons (Fsp3) is 0.600. The molecule has 0 saturated heterocycles. The molecule has 0 aliphatic carbocycles. The van der Waals surface area contributed by atoms with Crippen LogP contribution in [0.1, 0.15) is 23.1 Å². The van der Waals surface area contributed by atoms with Gasteiger partial charge in [-0.05, 0) is 13.8 Å². The zero-order chi connectivity index (χ0) is 11.7. The number of halogens is 2. The summed E-state index contributed by atoms with van der Waals surface area (Å²) in [4.78, 5) is 16.0. The number of thioether (sulfide) groups is 1. The van der Waals surface area contributed by atoms with E-state index < -0.39 is 0 Å². The highest BCUT2D eigenvalue weighted by Gasteiger charge is 2.28. The molecule has 0 saturated carbocycles. The van der Waals surface area contributed by atoms with Crippen LogP contribution in [0.25, 0.3) is 0 Å². The minimum atomic E-state index is -0.312. The average Bonchev–Trinajstić information content (AvgIpc) is 2.79. The number of carbonyl (C=O) groups excluding carboxylic acids is 1. The van der Waals surface area contributed by atoms with Crippen LogP contribution in [0.15, 0.2) is 5.16 Å². The normalized spacial score (nSPS) is 17.5. The van der Waals surface area contributed by atoms with Gasteiger partial charge in [0.2, 0.25) is 0 Å². The Morgan fingerprint density at radius 2 is 2.41 bits per heavy atom. The van der Waals surface area contributed by atoms with E-state index in [0.29, 0.717) is 17.6 Å². The summed E-state index contributed by atoms with van der Waals surface area (Å²) in [7, 11) is 0. The lowest BCUT2D eigenvalue weighted by Gasteiger charge is -2.05. The summed E-state index contributed by atoms with van der Waals surface area (Å²) in [6.07, 6.45) is 0. The molecule has 2 rings (SSSR count). The summed E-state index contributed by atoms with van der Waals surface area (Å²) >= 11 is 4.12. The summed E-state index contributed by atoms with van der Waals surface area (Å²) < 4.78 is 8.18. The topological polar surface area (TPSA) is 44.1 Å². The van der Waals surface area contributed by atoms with Gasteiger partial charge in [-0.25, -0.2) is 9.78 Å². The van der Waals surface area contributed by atoms with Crippen LogP contribution in [0.3, 0.4) is 0 Å². The lowest BCUT2D eigenvalue weighted by Crippen LogP contribution is -2.11. The van der Waals surface area contributed by atoms with E-state index in [9.17, 15) is 4.79 Å². The van der Waals surface area contributed by atoms with Crippen molar-refractivity contribution in [2.75, 3.05) is 11.0 Å². The van der Waals surface area contributed by atoms with Gasteiger partial charge in [0, 0.05) is 16.2 Å². The molecule has 1 aromatic heterocycles. The van der Waals surface area contributed by atoms with E-state index in [1.807, 2.05) is 6.92 Å². The number of nitrogens with zero attached hydrogens (tertiary/aromatic N) is 2. The van der Waals surface area contributed by atoms with E-state index in [4.69, 9.17) is 4.74 Å². The highest BCUT2D eigenvalue weighted by molar-refractivity contribution is 14.1. The highest BCUT2D eigenvalue weighted by Crippen LogP contribution is 2.34. The fourth-order valence-corrected chi connectivity index (χ4v) is 3.56. The van der Waals surface area contributed by atoms with Gasteiger partial charge in [-0.2, -0.15) is 0 Å². The Labute approximate surface area is 135 Å². The van der Waals surface area contributed by atoms with Crippen LogP contribution in [-0.2, 0) is 11.3 Å². The maximum atomic E-state index is 11.6. The molecule has 1 atom stereocenters. The molecule has 0 amide bonds. The molecule has 1 aliphatic heterocycles. The van der Waals surface area contributed by atoms with E-state index in [-0.39, 0.29) is 29.9 Å². The average molecular weight is 480 g/mol. The Kier molecular flexibility index (Phi) is 6.03. The number of carbonyl (C=O) groups is 1. The number of esters is 1. The third-order valence-electron chi connectivity index (χ3n) is 2.49. The van der Waals surface area contributed by atoms with Crippen molar-refractivity contribution in [2.24, 2.45) is 0 Å². The van der Waals surface area contributed by atoms with Gasteiger partial charge in [0.15, 0.2) is 10.9 Å². The summed E-state index contributed by atoms with van der Waals surface area (Å²) in [5, 5.41) is 1.53. The first-order chi connectivity index (χ1) is 7.67. The number of ether oxygens (including phenoxy) is 1. The first-order valence-corrected chi connectivity index (χ1v) is 7.54. The second-order valence-corrected chi connectivity index (χ2v) is 5.70. The molecule has 0 spiro atoms. The molecule has 0 N–H and O–H groups in total. The molecule has 0 fully saturated rings. The van der Waals surface area contributed by atoms with E-state index in [0.717, 1.165) is 21.8 Å². The van der Waals surface area contributed by atoms with Crippen LogP contribution < -0.4 is 0 Å². The first kappa shape index (κ1) is 15.5. The Morgan fingerprint density at radius 3 is 2.94 bits per heavy atom. The van der Waals surface area contributed by atoms with Crippen molar-refractivity contribution in [3.05, 3.63) is 11.4 Å². The summed E-state index contributed by atoms with van der Waals surface area (Å²) in [5.74, 6) is -0.312. The van der Waals surface area contributed by atoms with Crippen molar-refractivity contribution in [3.63, 3.8) is 0 Å². The van der Waals surface area contributed by atoms with Crippen molar-refractivity contribution in [1.82, 2.24) is 9.55 Å². The Morgan fingerprint density at radius 1 is 1.71 bits per heavy atom. The summed E-state index contributed by atoms with van der Waals surface area (Å²) in [6.45, 7) is 5.07. The summed E-state index contributed by atoms with van der Waals surface area (Å²) in [6, 6.07) is 0. The van der Waals surface area contributed by atoms with Crippen LogP contribution in [0.4, 0.5) is 0 Å². The molecule has 96 valence electrons. The standard InChI is InChI=1S/C10H13IN2O2S.HI/c1-3-15-9(14)8-6(2)13-5-7(4-11)16-10(13)12-8;/h7H,3-5H2,1-2H3;1H. The smallest absolute Gasteiger partial charge is 0.358 e. The van der Waals surface area contributed by atoms with E-state index in [1.165, 1.54) is 0 Å². The van der Waals surface area contributed by atoms with Gasteiger partial charge in [0.25, 0.3) is 0 Å². The number of rotatable bonds is 3. The van der Waals surface area contributed by atoms with E-state index in [1.54, 1.807) is 18.7 Å². The largest absolute Gasteiger partial charge is 0.461 e. The van der Waals surface area contributed by atoms with Crippen LogP contribution in [-0.4, -0.2) is 31.8 Å². The third kappa shape index (κ3) is 3.09. The van der Waals surface area contributed by atoms with Gasteiger partial charge in [0.05, 0.1) is 12.3 Å². The summed E-state index contributed by atoms with van der Waals surface area (Å²) in [5.41, 5.74) is 1.39. The van der Waals surface area contributed by atoms with Crippen LogP contribution in [0.5, 0.6) is 0 Å². The maximum Gasteiger partial charge on any atom is 0.358 e. The highest BCUT2D eigenvalue weighted by atomic mass is 127. The van der Waals surface area contributed by atoms with E-state index in [2.05, 4.69) is 32.1 Å². The van der Waals surface area contributed by atoms with Gasteiger partial charge in [-0.3, -0.25) is 0 Å². The van der Waals surface area contributed by atoms with Gasteiger partial charge in [-0.15, -0.1) is 24.0 Å². The minimum Gasteiger partial charge on any atom is -0.461 e. The third-order valence-corrected chi connectivity index (χ3v) is 5.32. The van der Waals surface area contributed by atoms with Crippen LogP contribution >= 0.6 is 58.3 Å². The molecule has 4 nitrogen and oxygen atoms in total. The van der Waals surface area contributed by atoms with Gasteiger partial charge >= 0.3 is 5.97 Å². The lowest BCUT2D eigenvalue weighted by atomic mass is 10.3. The number of hydrogen-bond donors (Lipinski definition) is 0. The van der Waals surface area contributed by atoms with Crippen molar-refractivity contribution < 1.29 is 9.53 Å². The van der Waals surface area contributed by atoms with Gasteiger partial charge < -0.3 is 9.30 Å². The Balaban J connectivity index is 0.00000144. The number of imidazole rings is 1. The molecular weight excluding hydrogens is 466 g/mol. The molecule has 1 aliphatic rings. The molecule has 7 heteroatoms. The first-order valence-electron chi connectivity index (χ1n) is 5.14. The monoisotopic (exact) mass is 480 g/mol. The second-order valence-electron chi connectivity index (χ2n) is 3.55. The van der Waals surface area contributed by atoms with Crippen LogP contribution in [0, 0.1) is 6.92 Å². The van der Waals surface area contributed by atoms with Crippen molar-refractivity contribution >= 4 is 64.3 Å². The van der Waals surface area contributed by atoms with E-state index >= 15 is 0 Å². The predicted octanol–water partition coefficient (Wildman–Crippen LogP) is 2.90. The van der Waals surface area contributed by atoms with Crippen molar-refractivity contribution in [3.8, 4) is 0 Å². The molecule has 1 unspecified atom stereocenters. The van der Waals surface area contributed by atoms with Crippen LogP contribution in [0.2, 0.25) is 0 Å². The zero-order valence-corrected chi connectivity index (χ0v) is 14.9. The molecule has 0 radical (unpaired) electrons. The number of aromatic nitrogens is 2. The molecule has 17 heavy (non-hydrogen) atoms. The number of hydrogen-bond acceptors (Lipinski definition) is 4. The Hall–Kier alpha value is 0.490. The minimum absolute atomic E-state index is 0. The fourth-order valence-electron chi connectivity index (χ4n) is 1.68. The second kappa shape index (κ2) is 6.60. The Bertz CT molecular complexity index is 423. The molecule has 0 bridgehead atoms. The number of alkyl halides is 1.